The van der Waals surface area contributed by atoms with Crippen molar-refractivity contribution >= 4 is 43.9 Å². The Labute approximate surface area is 137 Å². The molecular weight excluding hydrogens is 336 g/mol. The number of nitrogens with one attached hydrogen (secondary N) is 1. The number of aromatic carboxylic acids is 1. The zero-order chi connectivity index (χ0) is 16.8. The first kappa shape index (κ1) is 15.6. The highest BCUT2D eigenvalue weighted by Gasteiger charge is 2.22. The van der Waals surface area contributed by atoms with Crippen LogP contribution in [-0.2, 0) is 17.1 Å². The molecule has 0 aliphatic heterocycles. The van der Waals surface area contributed by atoms with Crippen LogP contribution < -0.4 is 4.72 Å². The molecule has 0 aliphatic rings. The Bertz CT molecular complexity index is 1020. The molecule has 6 nitrogen and oxygen atoms in total. The van der Waals surface area contributed by atoms with E-state index in [1.165, 1.54) is 6.07 Å². The van der Waals surface area contributed by atoms with Crippen molar-refractivity contribution in [3.05, 3.63) is 47.0 Å². The summed E-state index contributed by atoms with van der Waals surface area (Å²) in [6.45, 7) is 1.58. The standard InChI is InChI=1S/C15H14N2O4S2/c1-9-8-13(22-14(9)15(18)19)23(20,21)16-11-4-3-5-12-10(11)6-7-17(12)2/h3-8,16H,1-2H3,(H,18,19). The van der Waals surface area contributed by atoms with Gasteiger partial charge in [-0.05, 0) is 36.8 Å². The van der Waals surface area contributed by atoms with Gasteiger partial charge < -0.3 is 9.67 Å². The van der Waals surface area contributed by atoms with Gasteiger partial charge in [0.05, 0.1) is 5.69 Å². The van der Waals surface area contributed by atoms with Crippen molar-refractivity contribution in [1.82, 2.24) is 4.57 Å². The third-order valence-electron chi connectivity index (χ3n) is 3.53. The molecule has 2 N–H and O–H groups in total. The lowest BCUT2D eigenvalue weighted by Gasteiger charge is -2.08. The monoisotopic (exact) mass is 350 g/mol. The molecule has 1 aromatic carbocycles. The summed E-state index contributed by atoms with van der Waals surface area (Å²) < 4.78 is 29.5. The number of rotatable bonds is 4. The van der Waals surface area contributed by atoms with Gasteiger partial charge in [-0.1, -0.05) is 6.07 Å². The fourth-order valence-electron chi connectivity index (χ4n) is 2.38. The molecule has 0 amide bonds. The number of aryl methyl sites for hydroxylation is 2. The van der Waals surface area contributed by atoms with Crippen LogP contribution in [-0.4, -0.2) is 24.1 Å². The lowest BCUT2D eigenvalue weighted by molar-refractivity contribution is 0.0701. The minimum Gasteiger partial charge on any atom is -0.477 e. The normalized spacial score (nSPS) is 11.7. The minimum absolute atomic E-state index is 0.0136. The topological polar surface area (TPSA) is 88.4 Å². The fourth-order valence-corrected chi connectivity index (χ4v) is 4.84. The first-order valence-electron chi connectivity index (χ1n) is 6.70. The van der Waals surface area contributed by atoms with E-state index in [2.05, 4.69) is 4.72 Å². The first-order valence-corrected chi connectivity index (χ1v) is 9.00. The molecular formula is C15H14N2O4S2. The lowest BCUT2D eigenvalue weighted by atomic mass is 10.2. The smallest absolute Gasteiger partial charge is 0.346 e. The number of fused-ring (bicyclic) bond motifs is 1. The summed E-state index contributed by atoms with van der Waals surface area (Å²) in [5.74, 6) is -1.13. The number of benzene rings is 1. The van der Waals surface area contributed by atoms with E-state index in [0.29, 0.717) is 11.3 Å². The van der Waals surface area contributed by atoms with Gasteiger partial charge in [0, 0.05) is 24.1 Å². The van der Waals surface area contributed by atoms with Crippen LogP contribution in [0.2, 0.25) is 0 Å². The molecule has 23 heavy (non-hydrogen) atoms. The largest absolute Gasteiger partial charge is 0.477 e. The molecule has 0 bridgehead atoms. The van der Waals surface area contributed by atoms with Gasteiger partial charge in [0.2, 0.25) is 0 Å². The number of sulfonamides is 1. The predicted molar refractivity (Wildman–Crippen MR) is 89.7 cm³/mol. The van der Waals surface area contributed by atoms with Crippen molar-refractivity contribution in [2.75, 3.05) is 4.72 Å². The van der Waals surface area contributed by atoms with Gasteiger partial charge in [-0.15, -0.1) is 11.3 Å². The summed E-state index contributed by atoms with van der Waals surface area (Å²) in [7, 11) is -1.96. The van der Waals surface area contributed by atoms with E-state index in [9.17, 15) is 13.2 Å². The van der Waals surface area contributed by atoms with Crippen molar-refractivity contribution in [2.45, 2.75) is 11.1 Å². The zero-order valence-electron chi connectivity index (χ0n) is 12.4. The minimum atomic E-state index is -3.83. The molecule has 0 saturated carbocycles. The van der Waals surface area contributed by atoms with E-state index in [-0.39, 0.29) is 9.09 Å². The summed E-state index contributed by atoms with van der Waals surface area (Å²) >= 11 is 0.749. The van der Waals surface area contributed by atoms with Crippen molar-refractivity contribution in [3.8, 4) is 0 Å². The predicted octanol–water partition coefficient (Wildman–Crippen LogP) is 3.05. The van der Waals surface area contributed by atoms with E-state index < -0.39 is 16.0 Å². The van der Waals surface area contributed by atoms with Gasteiger partial charge >= 0.3 is 5.97 Å². The van der Waals surface area contributed by atoms with Crippen LogP contribution in [0.5, 0.6) is 0 Å². The Morgan fingerprint density at radius 3 is 2.70 bits per heavy atom. The van der Waals surface area contributed by atoms with Crippen LogP contribution in [0.1, 0.15) is 15.2 Å². The van der Waals surface area contributed by atoms with Crippen LogP contribution in [0.3, 0.4) is 0 Å². The van der Waals surface area contributed by atoms with Crippen LogP contribution >= 0.6 is 11.3 Å². The van der Waals surface area contributed by atoms with Gasteiger partial charge in [0.15, 0.2) is 0 Å². The van der Waals surface area contributed by atoms with Gasteiger partial charge in [-0.3, -0.25) is 4.72 Å². The highest BCUT2D eigenvalue weighted by atomic mass is 32.2. The first-order chi connectivity index (χ1) is 10.8. The second kappa shape index (κ2) is 5.39. The van der Waals surface area contributed by atoms with Gasteiger partial charge in [0.1, 0.15) is 9.09 Å². The summed E-state index contributed by atoms with van der Waals surface area (Å²) in [5.41, 5.74) is 1.80. The summed E-state index contributed by atoms with van der Waals surface area (Å²) in [6.07, 6.45) is 1.85. The second-order valence-corrected chi connectivity index (χ2v) is 8.11. The number of carbonyl (C=O) groups is 1. The number of hydrogen-bond acceptors (Lipinski definition) is 4. The maximum Gasteiger partial charge on any atom is 0.346 e. The average molecular weight is 350 g/mol. The number of hydrogen-bond donors (Lipinski definition) is 2. The maximum absolute atomic E-state index is 12.5. The number of thiophene rings is 1. The van der Waals surface area contributed by atoms with E-state index in [1.54, 1.807) is 19.1 Å². The van der Waals surface area contributed by atoms with E-state index >= 15 is 0 Å². The molecule has 3 rings (SSSR count). The molecule has 3 aromatic rings. The van der Waals surface area contributed by atoms with Crippen molar-refractivity contribution in [1.29, 1.82) is 0 Å². The lowest BCUT2D eigenvalue weighted by Crippen LogP contribution is -2.11. The van der Waals surface area contributed by atoms with Gasteiger partial charge in [-0.2, -0.15) is 0 Å². The quantitative estimate of drug-likeness (QED) is 0.757. The third kappa shape index (κ3) is 2.71. The summed E-state index contributed by atoms with van der Waals surface area (Å²) in [6, 6.07) is 8.54. The number of aromatic nitrogens is 1. The number of anilines is 1. The van der Waals surface area contributed by atoms with Crippen LogP contribution in [0.25, 0.3) is 10.9 Å². The van der Waals surface area contributed by atoms with Crippen molar-refractivity contribution in [2.24, 2.45) is 7.05 Å². The Morgan fingerprint density at radius 1 is 1.30 bits per heavy atom. The number of carboxylic acids is 1. The molecule has 0 fully saturated rings. The number of nitrogens with zero attached hydrogens (tertiary/aromatic N) is 1. The molecule has 0 spiro atoms. The van der Waals surface area contributed by atoms with Gasteiger partial charge in [-0.25, -0.2) is 13.2 Å². The fraction of sp³-hybridized carbons (Fsp3) is 0.133. The SMILES string of the molecule is Cc1cc(S(=O)(=O)Nc2cccc3c2ccn3C)sc1C(=O)O. The molecule has 2 heterocycles. The molecule has 0 aliphatic carbocycles. The van der Waals surface area contributed by atoms with Crippen LogP contribution in [0, 0.1) is 6.92 Å². The Hall–Kier alpha value is -2.32. The molecule has 0 atom stereocenters. The molecule has 0 saturated heterocycles. The molecule has 2 aromatic heterocycles. The Kier molecular flexibility index (Phi) is 3.65. The summed E-state index contributed by atoms with van der Waals surface area (Å²) in [4.78, 5) is 11.1. The van der Waals surface area contributed by atoms with E-state index in [4.69, 9.17) is 5.11 Å². The van der Waals surface area contributed by atoms with Gasteiger partial charge in [0.25, 0.3) is 10.0 Å². The Balaban J connectivity index is 2.03. The molecule has 0 radical (unpaired) electrons. The van der Waals surface area contributed by atoms with E-state index in [0.717, 1.165) is 22.2 Å². The van der Waals surface area contributed by atoms with Crippen molar-refractivity contribution < 1.29 is 18.3 Å². The maximum atomic E-state index is 12.5. The zero-order valence-corrected chi connectivity index (χ0v) is 14.0. The van der Waals surface area contributed by atoms with E-state index in [1.807, 2.05) is 29.9 Å². The molecule has 8 heteroatoms. The molecule has 120 valence electrons. The van der Waals surface area contributed by atoms with Crippen LogP contribution in [0.4, 0.5) is 5.69 Å². The number of carboxylic acid groups (broad SMARTS) is 1. The Morgan fingerprint density at radius 2 is 2.04 bits per heavy atom. The van der Waals surface area contributed by atoms with Crippen molar-refractivity contribution in [3.63, 3.8) is 0 Å². The highest BCUT2D eigenvalue weighted by molar-refractivity contribution is 7.94. The molecule has 0 unspecified atom stereocenters. The summed E-state index contributed by atoms with van der Waals surface area (Å²) in [5, 5.41) is 9.85. The van der Waals surface area contributed by atoms with Crippen LogP contribution in [0.15, 0.2) is 40.7 Å². The highest BCUT2D eigenvalue weighted by Crippen LogP contribution is 2.30. The average Bonchev–Trinajstić information content (AvgIpc) is 3.04. The third-order valence-corrected chi connectivity index (χ3v) is 6.59. The second-order valence-electron chi connectivity index (χ2n) is 5.15.